The summed E-state index contributed by atoms with van der Waals surface area (Å²) in [6.07, 6.45) is 3.12. The van der Waals surface area contributed by atoms with Crippen molar-refractivity contribution in [1.82, 2.24) is 5.16 Å². The van der Waals surface area contributed by atoms with Gasteiger partial charge in [0.1, 0.15) is 18.9 Å². The summed E-state index contributed by atoms with van der Waals surface area (Å²) in [5, 5.41) is 18.0. The molecule has 1 unspecified atom stereocenters. The summed E-state index contributed by atoms with van der Waals surface area (Å²) in [4.78, 5) is 25.8. The largest absolute Gasteiger partial charge is 1.00 e. The summed E-state index contributed by atoms with van der Waals surface area (Å²) in [5.41, 5.74) is -1.04. The van der Waals surface area contributed by atoms with Crippen LogP contribution in [0.2, 0.25) is 0 Å². The van der Waals surface area contributed by atoms with E-state index in [1.807, 2.05) is 19.2 Å². The molecular formula is C25H28BrN3O5. The number of benzene rings is 2. The molecule has 1 aliphatic heterocycles. The van der Waals surface area contributed by atoms with Gasteiger partial charge in [-0.2, -0.15) is 0 Å². The first-order valence-corrected chi connectivity index (χ1v) is 11.0. The molecule has 2 aromatic carbocycles. The van der Waals surface area contributed by atoms with Crippen molar-refractivity contribution < 1.29 is 45.4 Å². The van der Waals surface area contributed by atoms with Crippen molar-refractivity contribution in [3.05, 3.63) is 84.1 Å². The van der Waals surface area contributed by atoms with Gasteiger partial charge in [-0.15, -0.1) is 0 Å². The van der Waals surface area contributed by atoms with Crippen molar-refractivity contribution in [2.45, 2.75) is 24.5 Å². The van der Waals surface area contributed by atoms with E-state index in [0.717, 1.165) is 19.4 Å². The second kappa shape index (κ2) is 10.9. The lowest BCUT2D eigenvalue weighted by Crippen LogP contribution is -3.00. The van der Waals surface area contributed by atoms with Crippen molar-refractivity contribution in [2.24, 2.45) is 0 Å². The van der Waals surface area contributed by atoms with E-state index in [1.165, 1.54) is 6.26 Å². The fourth-order valence-corrected chi connectivity index (χ4v) is 4.48. The molecular weight excluding hydrogens is 502 g/mol. The number of aliphatic hydroxyl groups is 1. The number of carbonyl (C=O) groups is 2. The highest BCUT2D eigenvalue weighted by molar-refractivity contribution is 5.90. The Balaban J connectivity index is 0.00000324. The SMILES string of the molecule is C[N@+]1(CC(=O)Nc2ccon2)CCCC1COC(=O)C(O)(c1ccccc1)c1ccccc1.[Br-]. The molecule has 1 fully saturated rings. The molecule has 1 saturated heterocycles. The number of nitrogens with one attached hydrogen (secondary N) is 1. The van der Waals surface area contributed by atoms with Crippen LogP contribution in [0.3, 0.4) is 0 Å². The van der Waals surface area contributed by atoms with Gasteiger partial charge < -0.3 is 41.1 Å². The fourth-order valence-electron chi connectivity index (χ4n) is 4.48. The normalized spacial score (nSPS) is 19.8. The number of nitrogens with zero attached hydrogens (tertiary/aromatic N) is 2. The first-order chi connectivity index (χ1) is 15.9. The predicted octanol–water partition coefficient (Wildman–Crippen LogP) is -0.295. The monoisotopic (exact) mass is 529 g/mol. The molecule has 0 spiro atoms. The molecule has 2 heterocycles. The van der Waals surface area contributed by atoms with E-state index in [-0.39, 0.29) is 42.1 Å². The van der Waals surface area contributed by atoms with Gasteiger partial charge in [0.2, 0.25) is 5.60 Å². The van der Waals surface area contributed by atoms with Gasteiger partial charge in [0.25, 0.3) is 5.91 Å². The molecule has 1 aromatic heterocycles. The van der Waals surface area contributed by atoms with Crippen molar-refractivity contribution in [2.75, 3.05) is 32.1 Å². The van der Waals surface area contributed by atoms with Crippen LogP contribution in [0.5, 0.6) is 0 Å². The number of rotatable bonds is 8. The van der Waals surface area contributed by atoms with Gasteiger partial charge in [0.15, 0.2) is 12.4 Å². The van der Waals surface area contributed by atoms with Crippen molar-refractivity contribution >= 4 is 17.7 Å². The van der Waals surface area contributed by atoms with Gasteiger partial charge >= 0.3 is 5.97 Å². The molecule has 0 radical (unpaired) electrons. The Kier molecular flexibility index (Phi) is 8.24. The van der Waals surface area contributed by atoms with E-state index < -0.39 is 11.6 Å². The number of aromatic nitrogens is 1. The van der Waals surface area contributed by atoms with Gasteiger partial charge in [-0.1, -0.05) is 65.8 Å². The van der Waals surface area contributed by atoms with Crippen molar-refractivity contribution in [3.8, 4) is 0 Å². The van der Waals surface area contributed by atoms with E-state index >= 15 is 0 Å². The summed E-state index contributed by atoms with van der Waals surface area (Å²) in [7, 11) is 1.98. The maximum Gasteiger partial charge on any atom is 0.347 e. The Morgan fingerprint density at radius 1 is 1.12 bits per heavy atom. The average molecular weight is 530 g/mol. The highest BCUT2D eigenvalue weighted by Crippen LogP contribution is 2.32. The van der Waals surface area contributed by atoms with Crippen LogP contribution in [0.4, 0.5) is 5.82 Å². The number of anilines is 1. The molecule has 180 valence electrons. The molecule has 2 N–H and O–H groups in total. The van der Waals surface area contributed by atoms with E-state index in [9.17, 15) is 14.7 Å². The zero-order valence-electron chi connectivity index (χ0n) is 18.9. The number of ether oxygens (including phenoxy) is 1. The molecule has 2 atom stereocenters. The van der Waals surface area contributed by atoms with Crippen LogP contribution in [-0.2, 0) is 19.9 Å². The summed E-state index contributed by atoms with van der Waals surface area (Å²) >= 11 is 0. The zero-order chi connectivity index (χ0) is 23.3. The smallest absolute Gasteiger partial charge is 0.347 e. The quantitative estimate of drug-likeness (QED) is 0.307. The summed E-state index contributed by atoms with van der Waals surface area (Å²) in [6, 6.07) is 19.1. The Morgan fingerprint density at radius 2 is 1.74 bits per heavy atom. The minimum Gasteiger partial charge on any atom is -1.00 e. The minimum atomic E-state index is -1.92. The summed E-state index contributed by atoms with van der Waals surface area (Å²) < 4.78 is 10.9. The standard InChI is InChI=1S/C25H27N3O5.BrH/c1-28(17-23(29)26-22-14-16-33-27-22)15-8-13-21(28)18-32-24(30)25(31,19-9-4-2-5-10-19)20-11-6-3-7-12-20;/h2-7,9-12,14,16,21,31H,8,13,15,17-18H2,1H3;1H/t21?,28-;/m1./s1. The average Bonchev–Trinajstić information content (AvgIpc) is 3.47. The lowest BCUT2D eigenvalue weighted by atomic mass is 9.86. The molecule has 0 saturated carbocycles. The second-order valence-electron chi connectivity index (χ2n) is 8.63. The molecule has 1 aliphatic rings. The van der Waals surface area contributed by atoms with Crippen molar-refractivity contribution in [3.63, 3.8) is 0 Å². The van der Waals surface area contributed by atoms with Crippen LogP contribution in [0.25, 0.3) is 0 Å². The Labute approximate surface area is 208 Å². The van der Waals surface area contributed by atoms with Crippen LogP contribution >= 0.6 is 0 Å². The summed E-state index contributed by atoms with van der Waals surface area (Å²) in [5.74, 6) is -0.551. The molecule has 4 rings (SSSR count). The van der Waals surface area contributed by atoms with Gasteiger partial charge in [-0.05, 0) is 11.1 Å². The van der Waals surface area contributed by atoms with E-state index in [0.29, 0.717) is 21.4 Å². The second-order valence-corrected chi connectivity index (χ2v) is 8.63. The topological polar surface area (TPSA) is 102 Å². The van der Waals surface area contributed by atoms with Gasteiger partial charge in [0.05, 0.1) is 13.6 Å². The fraction of sp³-hybridized carbons (Fsp3) is 0.320. The number of likely N-dealkylation sites (tertiary alicyclic amines) is 1. The third kappa shape index (κ3) is 5.38. The highest BCUT2D eigenvalue weighted by atomic mass is 79.9. The van der Waals surface area contributed by atoms with Gasteiger partial charge in [-0.25, -0.2) is 4.79 Å². The third-order valence-electron chi connectivity index (χ3n) is 6.38. The van der Waals surface area contributed by atoms with Crippen LogP contribution in [-0.4, -0.2) is 59.4 Å². The first kappa shape index (κ1) is 25.6. The van der Waals surface area contributed by atoms with E-state index in [1.54, 1.807) is 54.6 Å². The molecule has 3 aromatic rings. The summed E-state index contributed by atoms with van der Waals surface area (Å²) in [6.45, 7) is 1.11. The first-order valence-electron chi connectivity index (χ1n) is 11.0. The lowest BCUT2D eigenvalue weighted by molar-refractivity contribution is -0.913. The number of carbonyl (C=O) groups excluding carboxylic acids is 2. The number of quaternary nitrogens is 1. The van der Waals surface area contributed by atoms with Gasteiger partial charge in [0, 0.05) is 18.9 Å². The maximum absolute atomic E-state index is 13.3. The van der Waals surface area contributed by atoms with Crippen LogP contribution in [0.15, 0.2) is 77.5 Å². The van der Waals surface area contributed by atoms with Crippen LogP contribution in [0.1, 0.15) is 24.0 Å². The number of hydrogen-bond acceptors (Lipinski definition) is 6. The molecule has 9 heteroatoms. The Morgan fingerprint density at radius 3 is 2.29 bits per heavy atom. The molecule has 1 amide bonds. The van der Waals surface area contributed by atoms with Crippen LogP contribution < -0.4 is 22.3 Å². The van der Waals surface area contributed by atoms with Crippen LogP contribution in [0, 0.1) is 0 Å². The molecule has 0 aliphatic carbocycles. The molecule has 8 nitrogen and oxygen atoms in total. The molecule has 0 bridgehead atoms. The van der Waals surface area contributed by atoms with E-state index in [4.69, 9.17) is 9.26 Å². The lowest BCUT2D eigenvalue weighted by Gasteiger charge is -2.35. The Bertz CT molecular complexity index is 1040. The number of hydrogen-bond donors (Lipinski definition) is 2. The predicted molar refractivity (Wildman–Crippen MR) is 121 cm³/mol. The highest BCUT2D eigenvalue weighted by Gasteiger charge is 2.45. The number of likely N-dealkylation sites (N-methyl/N-ethyl adjacent to an activating group) is 1. The van der Waals surface area contributed by atoms with Gasteiger partial charge in [-0.3, -0.25) is 4.79 Å². The number of amides is 1. The zero-order valence-corrected chi connectivity index (χ0v) is 20.5. The third-order valence-corrected chi connectivity index (χ3v) is 6.38. The number of esters is 1. The van der Waals surface area contributed by atoms with Crippen molar-refractivity contribution in [1.29, 1.82) is 0 Å². The van der Waals surface area contributed by atoms with E-state index in [2.05, 4.69) is 10.5 Å². The maximum atomic E-state index is 13.3. The molecule has 34 heavy (non-hydrogen) atoms. The number of halogens is 1. The Hall–Kier alpha value is -3.01. The minimum absolute atomic E-state index is 0.